The van der Waals surface area contributed by atoms with Gasteiger partial charge in [-0.15, -0.1) is 11.8 Å². The molecule has 0 fully saturated rings. The van der Waals surface area contributed by atoms with E-state index in [2.05, 4.69) is 27.2 Å². The molecule has 0 bridgehead atoms. The second-order valence-electron chi connectivity index (χ2n) is 8.54. The fraction of sp³-hybridized carbons (Fsp3) is 0.346. The maximum Gasteiger partial charge on any atom is 0.316 e. The standard InChI is InChI=1S/C26H28N4O3S/c1-5-34-18-8-6-17(7-9-18)15-23(31)30-22-11-10-19-20(28-22)12-13-26(3,24(19)32)21-14-16(2)27-25(29-21)33-4/h6-11,14H,5,12-13,15H2,1-4H3,(H,28,30,31). The monoisotopic (exact) mass is 476 g/mol. The number of thioether (sulfide) groups is 1. The number of ether oxygens (including phenoxy) is 1. The number of carbonyl (C=O) groups excluding carboxylic acids is 2. The molecule has 1 unspecified atom stereocenters. The molecular formula is C26H28N4O3S. The molecule has 1 atom stereocenters. The molecule has 4 rings (SSSR count). The lowest BCUT2D eigenvalue weighted by atomic mass is 9.71. The third-order valence-electron chi connectivity index (χ3n) is 6.03. The molecule has 3 aromatic rings. The highest BCUT2D eigenvalue weighted by Gasteiger charge is 2.42. The number of carbonyl (C=O) groups is 2. The number of methoxy groups -OCH3 is 1. The molecule has 1 aromatic carbocycles. The number of nitrogens with one attached hydrogen (secondary N) is 1. The van der Waals surface area contributed by atoms with E-state index in [1.165, 1.54) is 12.0 Å². The number of amides is 1. The molecule has 0 spiro atoms. The number of aromatic nitrogens is 3. The zero-order chi connectivity index (χ0) is 24.3. The van der Waals surface area contributed by atoms with Gasteiger partial charge in [-0.3, -0.25) is 9.59 Å². The van der Waals surface area contributed by atoms with E-state index in [9.17, 15) is 9.59 Å². The van der Waals surface area contributed by atoms with Crippen molar-refractivity contribution in [2.45, 2.75) is 50.3 Å². The number of aryl methyl sites for hydroxylation is 2. The van der Waals surface area contributed by atoms with Crippen LogP contribution in [0.15, 0.2) is 47.4 Å². The van der Waals surface area contributed by atoms with E-state index < -0.39 is 5.41 Å². The number of hydrogen-bond acceptors (Lipinski definition) is 7. The molecule has 0 saturated carbocycles. The van der Waals surface area contributed by atoms with Crippen LogP contribution in [0.25, 0.3) is 0 Å². The van der Waals surface area contributed by atoms with Crippen molar-refractivity contribution >= 4 is 29.3 Å². The van der Waals surface area contributed by atoms with Crippen LogP contribution in [-0.2, 0) is 23.1 Å². The maximum absolute atomic E-state index is 13.5. The molecule has 1 amide bonds. The van der Waals surface area contributed by atoms with Crippen LogP contribution in [0.2, 0.25) is 0 Å². The molecule has 2 heterocycles. The Kier molecular flexibility index (Phi) is 6.97. The lowest BCUT2D eigenvalue weighted by Crippen LogP contribution is -2.39. The van der Waals surface area contributed by atoms with E-state index >= 15 is 0 Å². The second kappa shape index (κ2) is 9.93. The van der Waals surface area contributed by atoms with Gasteiger partial charge in [-0.1, -0.05) is 19.1 Å². The number of pyridine rings is 1. The maximum atomic E-state index is 13.5. The number of hydrogen-bond donors (Lipinski definition) is 1. The quantitative estimate of drug-likeness (QED) is 0.499. The molecule has 1 N–H and O–H groups in total. The Labute approximate surface area is 203 Å². The summed E-state index contributed by atoms with van der Waals surface area (Å²) in [6.07, 6.45) is 1.43. The zero-order valence-electron chi connectivity index (χ0n) is 19.8. The van der Waals surface area contributed by atoms with Crippen molar-refractivity contribution < 1.29 is 14.3 Å². The fourth-order valence-corrected chi connectivity index (χ4v) is 4.81. The summed E-state index contributed by atoms with van der Waals surface area (Å²) in [5.74, 6) is 1.29. The summed E-state index contributed by atoms with van der Waals surface area (Å²) in [4.78, 5) is 40.5. The molecule has 34 heavy (non-hydrogen) atoms. The normalized spacial score (nSPS) is 17.2. The minimum atomic E-state index is -0.789. The summed E-state index contributed by atoms with van der Waals surface area (Å²) in [5, 5.41) is 2.87. The molecule has 176 valence electrons. The van der Waals surface area contributed by atoms with Gasteiger partial charge in [-0.2, -0.15) is 4.98 Å². The van der Waals surface area contributed by atoms with Gasteiger partial charge >= 0.3 is 6.01 Å². The first kappa shape index (κ1) is 23.9. The van der Waals surface area contributed by atoms with Crippen LogP contribution in [0.5, 0.6) is 6.01 Å². The SMILES string of the molecule is CCSc1ccc(CC(=O)Nc2ccc3c(n2)CCC(C)(c2cc(C)nc(OC)n2)C3=O)cc1. The van der Waals surface area contributed by atoms with Crippen molar-refractivity contribution in [1.29, 1.82) is 0 Å². The summed E-state index contributed by atoms with van der Waals surface area (Å²) in [6.45, 7) is 5.87. The number of anilines is 1. The molecule has 0 radical (unpaired) electrons. The van der Waals surface area contributed by atoms with Crippen LogP contribution < -0.4 is 10.1 Å². The highest BCUT2D eigenvalue weighted by Crippen LogP contribution is 2.38. The first-order chi connectivity index (χ1) is 16.3. The van der Waals surface area contributed by atoms with Gasteiger partial charge in [-0.05, 0) is 68.3 Å². The number of nitrogens with zero attached hydrogens (tertiary/aromatic N) is 3. The topological polar surface area (TPSA) is 94.1 Å². The average Bonchev–Trinajstić information content (AvgIpc) is 2.82. The van der Waals surface area contributed by atoms with Crippen LogP contribution in [0.1, 0.15) is 53.3 Å². The highest BCUT2D eigenvalue weighted by molar-refractivity contribution is 7.99. The Hall–Kier alpha value is -3.26. The van der Waals surface area contributed by atoms with Crippen molar-refractivity contribution in [3.8, 4) is 6.01 Å². The van der Waals surface area contributed by atoms with Crippen molar-refractivity contribution in [2.24, 2.45) is 0 Å². The van der Waals surface area contributed by atoms with E-state index in [-0.39, 0.29) is 24.1 Å². The smallest absolute Gasteiger partial charge is 0.316 e. The molecule has 1 aliphatic carbocycles. The first-order valence-electron chi connectivity index (χ1n) is 11.3. The van der Waals surface area contributed by atoms with Gasteiger partial charge in [0.2, 0.25) is 5.91 Å². The van der Waals surface area contributed by atoms with Crippen molar-refractivity contribution in [1.82, 2.24) is 15.0 Å². The molecule has 7 nitrogen and oxygen atoms in total. The number of benzene rings is 1. The molecule has 0 saturated heterocycles. The van der Waals surface area contributed by atoms with E-state index in [0.29, 0.717) is 35.6 Å². The number of Topliss-reactive ketones (excluding diaryl/α,β-unsaturated/α-hetero) is 1. The Morgan fingerprint density at radius 1 is 1.15 bits per heavy atom. The van der Waals surface area contributed by atoms with Gasteiger partial charge in [0.15, 0.2) is 5.78 Å². The molecular weight excluding hydrogens is 448 g/mol. The average molecular weight is 477 g/mol. The van der Waals surface area contributed by atoms with E-state index in [0.717, 1.165) is 17.0 Å². The van der Waals surface area contributed by atoms with Crippen LogP contribution in [0, 0.1) is 6.92 Å². The third-order valence-corrected chi connectivity index (χ3v) is 6.92. The Bertz CT molecular complexity index is 1230. The predicted molar refractivity (Wildman–Crippen MR) is 133 cm³/mol. The Morgan fingerprint density at radius 2 is 1.91 bits per heavy atom. The van der Waals surface area contributed by atoms with Gasteiger partial charge in [0.25, 0.3) is 0 Å². The van der Waals surface area contributed by atoms with E-state index in [1.54, 1.807) is 23.9 Å². The summed E-state index contributed by atoms with van der Waals surface area (Å²) in [6, 6.07) is 13.5. The number of fused-ring (bicyclic) bond motifs is 1. The van der Waals surface area contributed by atoms with Gasteiger partial charge in [0, 0.05) is 16.2 Å². The van der Waals surface area contributed by atoms with Crippen molar-refractivity contribution in [3.05, 3.63) is 70.7 Å². The molecule has 1 aliphatic rings. The number of ketones is 1. The summed E-state index contributed by atoms with van der Waals surface area (Å²) in [5.41, 5.74) is 2.80. The van der Waals surface area contributed by atoms with Crippen molar-refractivity contribution in [2.75, 3.05) is 18.2 Å². The van der Waals surface area contributed by atoms with Crippen LogP contribution >= 0.6 is 11.8 Å². The van der Waals surface area contributed by atoms with Gasteiger partial charge < -0.3 is 10.1 Å². The largest absolute Gasteiger partial charge is 0.467 e. The lowest BCUT2D eigenvalue weighted by molar-refractivity contribution is -0.115. The summed E-state index contributed by atoms with van der Waals surface area (Å²) >= 11 is 1.77. The van der Waals surface area contributed by atoms with Crippen LogP contribution in [0.3, 0.4) is 0 Å². The fourth-order valence-electron chi connectivity index (χ4n) is 4.15. The predicted octanol–water partition coefficient (Wildman–Crippen LogP) is 4.57. The van der Waals surface area contributed by atoms with Gasteiger partial charge in [-0.25, -0.2) is 9.97 Å². The minimum absolute atomic E-state index is 0.0377. The Morgan fingerprint density at radius 3 is 2.62 bits per heavy atom. The number of rotatable bonds is 7. The lowest BCUT2D eigenvalue weighted by Gasteiger charge is -2.32. The first-order valence-corrected chi connectivity index (χ1v) is 12.3. The summed E-state index contributed by atoms with van der Waals surface area (Å²) in [7, 11) is 1.51. The van der Waals surface area contributed by atoms with Crippen LogP contribution in [0.4, 0.5) is 5.82 Å². The highest BCUT2D eigenvalue weighted by atomic mass is 32.2. The minimum Gasteiger partial charge on any atom is -0.467 e. The van der Waals surface area contributed by atoms with E-state index in [1.807, 2.05) is 44.2 Å². The van der Waals surface area contributed by atoms with E-state index in [4.69, 9.17) is 4.74 Å². The molecule has 8 heteroatoms. The van der Waals surface area contributed by atoms with Gasteiger partial charge in [0.1, 0.15) is 5.82 Å². The van der Waals surface area contributed by atoms with Crippen molar-refractivity contribution in [3.63, 3.8) is 0 Å². The zero-order valence-corrected chi connectivity index (χ0v) is 20.7. The Balaban J connectivity index is 1.48. The third kappa shape index (κ3) is 4.97. The second-order valence-corrected chi connectivity index (χ2v) is 9.87. The molecule has 2 aromatic heterocycles. The van der Waals surface area contributed by atoms with Gasteiger partial charge in [0.05, 0.1) is 30.3 Å². The molecule has 0 aliphatic heterocycles. The summed E-state index contributed by atoms with van der Waals surface area (Å²) < 4.78 is 5.20. The van der Waals surface area contributed by atoms with Crippen LogP contribution in [-0.4, -0.2) is 39.5 Å².